The molecule has 7 heteroatoms. The fourth-order valence-corrected chi connectivity index (χ4v) is 4.83. The molecule has 1 aliphatic carbocycles. The Bertz CT molecular complexity index is 1380. The van der Waals surface area contributed by atoms with Gasteiger partial charge in [-0.15, -0.1) is 0 Å². The average Bonchev–Trinajstić information content (AvgIpc) is 3.38. The monoisotopic (exact) mass is 425 g/mol. The number of hydrogen-bond donors (Lipinski definition) is 1. The van der Waals surface area contributed by atoms with Crippen molar-refractivity contribution in [2.45, 2.75) is 6.42 Å². The molecule has 2 N–H and O–H groups in total. The summed E-state index contributed by atoms with van der Waals surface area (Å²) in [5.41, 5.74) is 14.3. The molecule has 0 unspecified atom stereocenters. The van der Waals surface area contributed by atoms with Gasteiger partial charge in [0.2, 0.25) is 5.91 Å². The predicted octanol–water partition coefficient (Wildman–Crippen LogP) is 3.14. The van der Waals surface area contributed by atoms with Gasteiger partial charge in [0.25, 0.3) is 0 Å². The van der Waals surface area contributed by atoms with Gasteiger partial charge in [0, 0.05) is 54.3 Å². The van der Waals surface area contributed by atoms with E-state index in [1.807, 2.05) is 36.1 Å². The van der Waals surface area contributed by atoms with E-state index in [4.69, 9.17) is 15.5 Å². The van der Waals surface area contributed by atoms with Crippen LogP contribution in [0.2, 0.25) is 0 Å². The van der Waals surface area contributed by atoms with Crippen LogP contribution in [-0.4, -0.2) is 47.0 Å². The number of benzene rings is 2. The molecule has 1 fully saturated rings. The van der Waals surface area contributed by atoms with Crippen molar-refractivity contribution in [1.82, 2.24) is 14.8 Å². The molecule has 0 bridgehead atoms. The molecule has 7 nitrogen and oxygen atoms in total. The lowest BCUT2D eigenvalue weighted by atomic mass is 10.0. The number of pyridine rings is 1. The Kier molecular flexibility index (Phi) is 4.26. The normalized spacial score (nSPS) is 15.1. The Labute approximate surface area is 185 Å². The molecule has 1 amide bonds. The highest BCUT2D eigenvalue weighted by Gasteiger charge is 2.27. The Morgan fingerprint density at radius 2 is 1.94 bits per heavy atom. The van der Waals surface area contributed by atoms with Gasteiger partial charge in [-0.2, -0.15) is 5.10 Å². The van der Waals surface area contributed by atoms with Crippen molar-refractivity contribution in [2.24, 2.45) is 12.8 Å². The molecule has 0 saturated carbocycles. The van der Waals surface area contributed by atoms with Crippen LogP contribution in [0.3, 0.4) is 0 Å². The second kappa shape index (κ2) is 7.17. The molecular weight excluding hydrogens is 402 g/mol. The summed E-state index contributed by atoms with van der Waals surface area (Å²) in [4.78, 5) is 19.7. The van der Waals surface area contributed by atoms with Gasteiger partial charge in [0.05, 0.1) is 36.3 Å². The standard InChI is InChI=1S/C25H23N5O2/c1-29-23-5-2-15(10-17(23)14-27-29)22-13-21(25(26)31)20-12-16-11-18(30-6-8-32-9-7-30)3-4-19(16)24(20)28-22/h2-5,10-11,13-14H,6-9,12H2,1H3,(H2,26,31). The average molecular weight is 425 g/mol. The fraction of sp³-hybridized carbons (Fsp3) is 0.240. The van der Waals surface area contributed by atoms with E-state index in [-0.39, 0.29) is 0 Å². The summed E-state index contributed by atoms with van der Waals surface area (Å²) >= 11 is 0. The van der Waals surface area contributed by atoms with Crippen LogP contribution in [0.15, 0.2) is 48.7 Å². The molecule has 1 saturated heterocycles. The number of rotatable bonds is 3. The lowest BCUT2D eigenvalue weighted by Crippen LogP contribution is -2.36. The second-order valence-electron chi connectivity index (χ2n) is 8.41. The molecule has 2 aromatic heterocycles. The van der Waals surface area contributed by atoms with Crippen molar-refractivity contribution < 1.29 is 9.53 Å². The van der Waals surface area contributed by atoms with Gasteiger partial charge in [0.1, 0.15) is 0 Å². The lowest BCUT2D eigenvalue weighted by molar-refractivity contribution is 0.0999. The topological polar surface area (TPSA) is 86.3 Å². The Morgan fingerprint density at radius 1 is 1.09 bits per heavy atom. The number of nitrogens with zero attached hydrogens (tertiary/aromatic N) is 4. The van der Waals surface area contributed by atoms with Crippen molar-refractivity contribution in [1.29, 1.82) is 0 Å². The summed E-state index contributed by atoms with van der Waals surface area (Å²) in [6.07, 6.45) is 2.50. The first kappa shape index (κ1) is 19.0. The minimum atomic E-state index is -0.423. The molecule has 3 heterocycles. The predicted molar refractivity (Wildman–Crippen MR) is 124 cm³/mol. The zero-order valence-electron chi connectivity index (χ0n) is 17.8. The molecule has 6 rings (SSSR count). The maximum atomic E-state index is 12.4. The third-order valence-corrected chi connectivity index (χ3v) is 6.52. The molecular formula is C25H23N5O2. The number of nitrogens with two attached hydrogens (primary N) is 1. The minimum Gasteiger partial charge on any atom is -0.378 e. The first-order valence-electron chi connectivity index (χ1n) is 10.8. The van der Waals surface area contributed by atoms with E-state index in [2.05, 4.69) is 34.3 Å². The van der Waals surface area contributed by atoms with Crippen LogP contribution in [0.1, 0.15) is 21.5 Å². The van der Waals surface area contributed by atoms with E-state index in [1.54, 1.807) is 0 Å². The molecule has 160 valence electrons. The maximum Gasteiger partial charge on any atom is 0.249 e. The highest BCUT2D eigenvalue weighted by atomic mass is 16.5. The number of primary amides is 1. The number of fused-ring (bicyclic) bond motifs is 4. The molecule has 4 aromatic rings. The smallest absolute Gasteiger partial charge is 0.249 e. The van der Waals surface area contributed by atoms with E-state index in [9.17, 15) is 4.79 Å². The molecule has 1 aliphatic heterocycles. The number of morpholine rings is 1. The number of carbonyl (C=O) groups is 1. The van der Waals surface area contributed by atoms with Crippen molar-refractivity contribution in [3.8, 4) is 22.5 Å². The molecule has 0 atom stereocenters. The van der Waals surface area contributed by atoms with Crippen molar-refractivity contribution >= 4 is 22.5 Å². The number of carbonyl (C=O) groups excluding carboxylic acids is 1. The Morgan fingerprint density at radius 3 is 2.75 bits per heavy atom. The van der Waals surface area contributed by atoms with Crippen LogP contribution in [0.25, 0.3) is 33.4 Å². The van der Waals surface area contributed by atoms with E-state index in [1.165, 1.54) is 11.3 Å². The molecule has 2 aromatic carbocycles. The van der Waals surface area contributed by atoms with Crippen LogP contribution in [0.5, 0.6) is 0 Å². The van der Waals surface area contributed by atoms with Gasteiger partial charge in [-0.25, -0.2) is 4.98 Å². The Hall–Kier alpha value is -3.71. The third kappa shape index (κ3) is 2.97. The fourth-order valence-electron chi connectivity index (χ4n) is 4.83. The number of aryl methyl sites for hydroxylation is 1. The summed E-state index contributed by atoms with van der Waals surface area (Å²) < 4.78 is 7.32. The van der Waals surface area contributed by atoms with Crippen LogP contribution >= 0.6 is 0 Å². The van der Waals surface area contributed by atoms with Gasteiger partial charge in [-0.3, -0.25) is 9.48 Å². The summed E-state index contributed by atoms with van der Waals surface area (Å²) in [6.45, 7) is 3.26. The number of ether oxygens (including phenoxy) is 1. The summed E-state index contributed by atoms with van der Waals surface area (Å²) in [5.74, 6) is -0.423. The zero-order chi connectivity index (χ0) is 21.8. The van der Waals surface area contributed by atoms with E-state index in [0.717, 1.165) is 65.3 Å². The molecule has 0 radical (unpaired) electrons. The summed E-state index contributed by atoms with van der Waals surface area (Å²) in [6, 6.07) is 14.4. The highest BCUT2D eigenvalue weighted by molar-refractivity contribution is 5.99. The SMILES string of the molecule is Cn1ncc2cc(-c3cc(C(N)=O)c4c(n3)-c3ccc(N5CCOCC5)cc3C4)ccc21. The van der Waals surface area contributed by atoms with Crippen LogP contribution < -0.4 is 10.6 Å². The van der Waals surface area contributed by atoms with Gasteiger partial charge in [-0.05, 0) is 41.5 Å². The van der Waals surface area contributed by atoms with E-state index in [0.29, 0.717) is 12.0 Å². The number of hydrogen-bond acceptors (Lipinski definition) is 5. The first-order valence-corrected chi connectivity index (χ1v) is 10.8. The quantitative estimate of drug-likeness (QED) is 0.480. The summed E-state index contributed by atoms with van der Waals surface area (Å²) in [5, 5.41) is 5.35. The van der Waals surface area contributed by atoms with Gasteiger partial charge >= 0.3 is 0 Å². The van der Waals surface area contributed by atoms with E-state index >= 15 is 0 Å². The largest absolute Gasteiger partial charge is 0.378 e. The minimum absolute atomic E-state index is 0.423. The third-order valence-electron chi connectivity index (χ3n) is 6.52. The molecule has 32 heavy (non-hydrogen) atoms. The van der Waals surface area contributed by atoms with Crippen LogP contribution in [0, 0.1) is 0 Å². The zero-order valence-corrected chi connectivity index (χ0v) is 17.8. The van der Waals surface area contributed by atoms with Crippen molar-refractivity contribution in [3.05, 3.63) is 65.4 Å². The summed E-state index contributed by atoms with van der Waals surface area (Å²) in [7, 11) is 1.92. The van der Waals surface area contributed by atoms with Crippen molar-refractivity contribution in [3.63, 3.8) is 0 Å². The maximum absolute atomic E-state index is 12.4. The Balaban J connectivity index is 1.46. The first-order chi connectivity index (χ1) is 15.6. The van der Waals surface area contributed by atoms with Gasteiger partial charge < -0.3 is 15.4 Å². The van der Waals surface area contributed by atoms with Crippen LogP contribution in [-0.2, 0) is 18.2 Å². The molecule has 0 spiro atoms. The number of aromatic nitrogens is 3. The molecule has 2 aliphatic rings. The van der Waals surface area contributed by atoms with E-state index < -0.39 is 5.91 Å². The number of amides is 1. The second-order valence-corrected chi connectivity index (χ2v) is 8.41. The van der Waals surface area contributed by atoms with Gasteiger partial charge in [0.15, 0.2) is 0 Å². The van der Waals surface area contributed by atoms with Gasteiger partial charge in [-0.1, -0.05) is 12.1 Å². The lowest BCUT2D eigenvalue weighted by Gasteiger charge is -2.29. The van der Waals surface area contributed by atoms with Crippen LogP contribution in [0.4, 0.5) is 5.69 Å². The van der Waals surface area contributed by atoms with Crippen molar-refractivity contribution in [2.75, 3.05) is 31.2 Å². The number of anilines is 1. The highest BCUT2D eigenvalue weighted by Crippen LogP contribution is 2.40.